The summed E-state index contributed by atoms with van der Waals surface area (Å²) in [4.78, 5) is 0.366. The fourth-order valence-corrected chi connectivity index (χ4v) is 2.68. The highest BCUT2D eigenvalue weighted by Gasteiger charge is 2.06. The van der Waals surface area contributed by atoms with Gasteiger partial charge in [-0.15, -0.1) is 0 Å². The molecule has 0 heterocycles. The van der Waals surface area contributed by atoms with Crippen molar-refractivity contribution in [3.05, 3.63) is 57.6 Å². The first kappa shape index (κ1) is 14.0. The van der Waals surface area contributed by atoms with E-state index >= 15 is 0 Å². The molecule has 0 aliphatic heterocycles. The predicted molar refractivity (Wildman–Crippen MR) is 86.0 cm³/mol. The Balaban J connectivity index is 2.29. The summed E-state index contributed by atoms with van der Waals surface area (Å²) in [5.41, 5.74) is 8.75. The van der Waals surface area contributed by atoms with E-state index in [-0.39, 0.29) is 0 Å². The smallest absolute Gasteiger partial charge is 0.130 e. The highest BCUT2D eigenvalue weighted by atomic mass is 79.9. The molecule has 98 valence electrons. The zero-order valence-corrected chi connectivity index (χ0v) is 13.1. The van der Waals surface area contributed by atoms with Crippen LogP contribution in [0.4, 0.5) is 0 Å². The molecule has 0 atom stereocenters. The Morgan fingerprint density at radius 3 is 2.47 bits per heavy atom. The van der Waals surface area contributed by atoms with Crippen LogP contribution in [0.5, 0.6) is 11.5 Å². The van der Waals surface area contributed by atoms with Crippen molar-refractivity contribution in [2.24, 2.45) is 5.73 Å². The molecule has 2 rings (SSSR count). The molecule has 0 aliphatic carbocycles. The van der Waals surface area contributed by atoms with Crippen molar-refractivity contribution >= 4 is 33.1 Å². The van der Waals surface area contributed by atoms with E-state index in [2.05, 4.69) is 28.9 Å². The molecule has 0 unspecified atom stereocenters. The minimum Gasteiger partial charge on any atom is -0.457 e. The zero-order chi connectivity index (χ0) is 14.0. The Morgan fingerprint density at radius 1 is 1.16 bits per heavy atom. The maximum absolute atomic E-state index is 5.87. The third kappa shape index (κ3) is 3.33. The Hall–Kier alpha value is -1.39. The van der Waals surface area contributed by atoms with Crippen molar-refractivity contribution < 1.29 is 4.74 Å². The lowest BCUT2D eigenvalue weighted by atomic mass is 10.1. The second-order valence-electron chi connectivity index (χ2n) is 4.38. The number of halogens is 1. The maximum atomic E-state index is 5.87. The second kappa shape index (κ2) is 5.72. The SMILES string of the molecule is Cc1ccc(Oc2ccc(C(N)=S)c(Br)c2)c(C)c1. The molecule has 2 aromatic carbocycles. The summed E-state index contributed by atoms with van der Waals surface area (Å²) in [7, 11) is 0. The average Bonchev–Trinajstić information content (AvgIpc) is 2.32. The van der Waals surface area contributed by atoms with Gasteiger partial charge in [0.2, 0.25) is 0 Å². The van der Waals surface area contributed by atoms with Gasteiger partial charge in [0.05, 0.1) is 0 Å². The lowest BCUT2D eigenvalue weighted by molar-refractivity contribution is 0.478. The normalized spacial score (nSPS) is 10.3. The van der Waals surface area contributed by atoms with E-state index in [4.69, 9.17) is 22.7 Å². The van der Waals surface area contributed by atoms with Crippen molar-refractivity contribution in [1.29, 1.82) is 0 Å². The van der Waals surface area contributed by atoms with Gasteiger partial charge in [0.25, 0.3) is 0 Å². The van der Waals surface area contributed by atoms with Crippen LogP contribution in [0.3, 0.4) is 0 Å². The first-order chi connectivity index (χ1) is 8.97. The minimum atomic E-state index is 0.366. The van der Waals surface area contributed by atoms with Crippen molar-refractivity contribution in [2.45, 2.75) is 13.8 Å². The number of rotatable bonds is 3. The van der Waals surface area contributed by atoms with Gasteiger partial charge in [0, 0.05) is 10.0 Å². The number of hydrogen-bond donors (Lipinski definition) is 1. The van der Waals surface area contributed by atoms with Crippen LogP contribution in [0.25, 0.3) is 0 Å². The number of nitrogens with two attached hydrogens (primary N) is 1. The molecule has 2 N–H and O–H groups in total. The van der Waals surface area contributed by atoms with E-state index in [1.54, 1.807) is 0 Å². The molecule has 0 fully saturated rings. The molecule has 0 radical (unpaired) electrons. The summed E-state index contributed by atoms with van der Waals surface area (Å²) in [5.74, 6) is 1.60. The van der Waals surface area contributed by atoms with Gasteiger partial charge in [-0.3, -0.25) is 0 Å². The van der Waals surface area contributed by atoms with Gasteiger partial charge < -0.3 is 10.5 Å². The fraction of sp³-hybridized carbons (Fsp3) is 0.133. The van der Waals surface area contributed by atoms with Gasteiger partial charge in [-0.25, -0.2) is 0 Å². The molecule has 0 aromatic heterocycles. The van der Waals surface area contributed by atoms with Gasteiger partial charge in [0.15, 0.2) is 0 Å². The third-order valence-corrected chi connectivity index (χ3v) is 3.64. The molecule has 0 aliphatic rings. The van der Waals surface area contributed by atoms with E-state index in [0.29, 0.717) is 4.99 Å². The predicted octanol–water partition coefficient (Wildman–Crippen LogP) is 4.49. The molecule has 19 heavy (non-hydrogen) atoms. The lowest BCUT2D eigenvalue weighted by Gasteiger charge is -2.11. The summed E-state index contributed by atoms with van der Waals surface area (Å²) < 4.78 is 6.70. The van der Waals surface area contributed by atoms with Gasteiger partial charge in [0.1, 0.15) is 16.5 Å². The number of benzene rings is 2. The Bertz CT molecular complexity index is 640. The third-order valence-electron chi connectivity index (χ3n) is 2.76. The molecule has 4 heteroatoms. The van der Waals surface area contributed by atoms with Gasteiger partial charge in [-0.2, -0.15) is 0 Å². The number of ether oxygens (including phenoxy) is 1. The van der Waals surface area contributed by atoms with E-state index in [9.17, 15) is 0 Å². The fourth-order valence-electron chi connectivity index (χ4n) is 1.80. The van der Waals surface area contributed by atoms with Crippen LogP contribution in [0.2, 0.25) is 0 Å². The summed E-state index contributed by atoms with van der Waals surface area (Å²) >= 11 is 8.41. The molecule has 0 spiro atoms. The highest BCUT2D eigenvalue weighted by molar-refractivity contribution is 9.10. The first-order valence-corrected chi connectivity index (χ1v) is 7.02. The topological polar surface area (TPSA) is 35.2 Å². The maximum Gasteiger partial charge on any atom is 0.130 e. The van der Waals surface area contributed by atoms with Crippen LogP contribution in [0.15, 0.2) is 40.9 Å². The van der Waals surface area contributed by atoms with Crippen LogP contribution >= 0.6 is 28.1 Å². The van der Waals surface area contributed by atoms with Crippen LogP contribution in [0.1, 0.15) is 16.7 Å². The van der Waals surface area contributed by atoms with Crippen LogP contribution in [-0.4, -0.2) is 4.99 Å². The molecule has 0 bridgehead atoms. The number of aryl methyl sites for hydroxylation is 2. The Labute approximate surface area is 126 Å². The molecule has 2 aromatic rings. The molecular formula is C15H14BrNOS. The average molecular weight is 336 g/mol. The molecule has 0 saturated carbocycles. The summed E-state index contributed by atoms with van der Waals surface area (Å²) in [6.07, 6.45) is 0. The van der Waals surface area contributed by atoms with Crippen LogP contribution < -0.4 is 10.5 Å². The Kier molecular flexibility index (Phi) is 4.22. The van der Waals surface area contributed by atoms with Crippen molar-refractivity contribution in [2.75, 3.05) is 0 Å². The quantitative estimate of drug-likeness (QED) is 0.839. The molecule has 2 nitrogen and oxygen atoms in total. The van der Waals surface area contributed by atoms with E-state index in [1.165, 1.54) is 5.56 Å². The highest BCUT2D eigenvalue weighted by Crippen LogP contribution is 2.29. The van der Waals surface area contributed by atoms with E-state index in [0.717, 1.165) is 27.1 Å². The zero-order valence-electron chi connectivity index (χ0n) is 10.7. The first-order valence-electron chi connectivity index (χ1n) is 5.82. The lowest BCUT2D eigenvalue weighted by Crippen LogP contribution is -2.09. The van der Waals surface area contributed by atoms with Crippen molar-refractivity contribution in [3.8, 4) is 11.5 Å². The molecule has 0 saturated heterocycles. The standard InChI is InChI=1S/C15H14BrNOS/c1-9-3-6-14(10(2)7-9)18-11-4-5-12(15(17)19)13(16)8-11/h3-8H,1-2H3,(H2,17,19). The number of hydrogen-bond acceptors (Lipinski definition) is 2. The van der Waals surface area contributed by atoms with Gasteiger partial charge in [-0.05, 0) is 59.6 Å². The summed E-state index contributed by atoms with van der Waals surface area (Å²) in [6, 6.07) is 11.7. The molecular weight excluding hydrogens is 322 g/mol. The van der Waals surface area contributed by atoms with Crippen LogP contribution in [0, 0.1) is 13.8 Å². The minimum absolute atomic E-state index is 0.366. The summed E-state index contributed by atoms with van der Waals surface area (Å²) in [5, 5.41) is 0. The summed E-state index contributed by atoms with van der Waals surface area (Å²) in [6.45, 7) is 4.09. The Morgan fingerprint density at radius 2 is 1.89 bits per heavy atom. The van der Waals surface area contributed by atoms with E-state index < -0.39 is 0 Å². The van der Waals surface area contributed by atoms with Crippen molar-refractivity contribution in [1.82, 2.24) is 0 Å². The monoisotopic (exact) mass is 335 g/mol. The number of thiocarbonyl (C=S) groups is 1. The largest absolute Gasteiger partial charge is 0.457 e. The second-order valence-corrected chi connectivity index (χ2v) is 5.67. The van der Waals surface area contributed by atoms with Crippen molar-refractivity contribution in [3.63, 3.8) is 0 Å². The van der Waals surface area contributed by atoms with E-state index in [1.807, 2.05) is 37.3 Å². The van der Waals surface area contributed by atoms with Gasteiger partial charge in [-0.1, -0.05) is 29.9 Å². The molecule has 0 amide bonds. The van der Waals surface area contributed by atoms with Gasteiger partial charge >= 0.3 is 0 Å². The van der Waals surface area contributed by atoms with Crippen LogP contribution in [-0.2, 0) is 0 Å².